The summed E-state index contributed by atoms with van der Waals surface area (Å²) in [4.78, 5) is 10.1. The molecule has 1 heterocycles. The summed E-state index contributed by atoms with van der Waals surface area (Å²) in [7, 11) is 0. The van der Waals surface area contributed by atoms with Crippen molar-refractivity contribution in [3.8, 4) is 0 Å². The Balaban J connectivity index is 2.15. The molecule has 1 N–H and O–H groups in total. The van der Waals surface area contributed by atoms with Gasteiger partial charge in [-0.25, -0.2) is 0 Å². The zero-order chi connectivity index (χ0) is 9.10. The molecular formula is C10H11NO2. The van der Waals surface area contributed by atoms with E-state index < -0.39 is 0 Å². The first-order chi connectivity index (χ1) is 6.40. The molecule has 2 rings (SSSR count). The van der Waals surface area contributed by atoms with Gasteiger partial charge in [-0.1, -0.05) is 18.2 Å². The van der Waals surface area contributed by atoms with Gasteiger partial charge in [-0.05, 0) is 18.1 Å². The van der Waals surface area contributed by atoms with Crippen molar-refractivity contribution in [3.63, 3.8) is 0 Å². The fourth-order valence-corrected chi connectivity index (χ4v) is 1.58. The molecule has 1 aliphatic heterocycles. The minimum Gasteiger partial charge on any atom is -0.444 e. The fourth-order valence-electron chi connectivity index (χ4n) is 1.58. The Morgan fingerprint density at radius 1 is 1.46 bits per heavy atom. The van der Waals surface area contributed by atoms with Gasteiger partial charge in [0.2, 0.25) is 0 Å². The highest BCUT2D eigenvalue weighted by atomic mass is 16.5. The minimum atomic E-state index is -0.160. The van der Waals surface area contributed by atoms with Gasteiger partial charge in [0.15, 0.2) is 6.23 Å². The molecular weight excluding hydrogens is 166 g/mol. The van der Waals surface area contributed by atoms with Crippen molar-refractivity contribution in [1.82, 2.24) is 0 Å². The summed E-state index contributed by atoms with van der Waals surface area (Å²) in [5.41, 5.74) is 2.36. The molecule has 1 atom stereocenters. The average Bonchev–Trinajstić information content (AvgIpc) is 2.18. The second kappa shape index (κ2) is 3.47. The number of rotatable bonds is 2. The van der Waals surface area contributed by atoms with Crippen molar-refractivity contribution in [2.75, 3.05) is 5.32 Å². The number of aryl methyl sites for hydroxylation is 1. The smallest absolute Gasteiger partial charge is 0.294 e. The molecule has 0 bridgehead atoms. The van der Waals surface area contributed by atoms with Crippen LogP contribution < -0.4 is 5.32 Å². The highest BCUT2D eigenvalue weighted by Gasteiger charge is 2.16. The normalized spacial score (nSPS) is 19.8. The number of para-hydroxylation sites is 1. The Kier molecular flexibility index (Phi) is 2.17. The molecule has 13 heavy (non-hydrogen) atoms. The van der Waals surface area contributed by atoms with Crippen molar-refractivity contribution in [1.29, 1.82) is 0 Å². The molecule has 0 fully saturated rings. The van der Waals surface area contributed by atoms with Gasteiger partial charge in [0.1, 0.15) is 0 Å². The molecule has 0 aliphatic carbocycles. The maximum absolute atomic E-state index is 10.1. The number of anilines is 1. The number of fused-ring (bicyclic) bond motifs is 1. The first-order valence-electron chi connectivity index (χ1n) is 4.33. The summed E-state index contributed by atoms with van der Waals surface area (Å²) in [5, 5.41) is 3.14. The Morgan fingerprint density at radius 2 is 2.31 bits per heavy atom. The van der Waals surface area contributed by atoms with Crippen LogP contribution in [0.5, 0.6) is 0 Å². The van der Waals surface area contributed by atoms with Gasteiger partial charge in [0, 0.05) is 12.1 Å². The van der Waals surface area contributed by atoms with Crippen LogP contribution in [0.2, 0.25) is 0 Å². The average molecular weight is 177 g/mol. The van der Waals surface area contributed by atoms with Crippen LogP contribution in [0, 0.1) is 0 Å². The van der Waals surface area contributed by atoms with Crippen LogP contribution in [-0.4, -0.2) is 12.7 Å². The van der Waals surface area contributed by atoms with Crippen LogP contribution in [0.1, 0.15) is 12.0 Å². The lowest BCUT2D eigenvalue weighted by Gasteiger charge is -2.25. The predicted molar refractivity (Wildman–Crippen MR) is 49.3 cm³/mol. The summed E-state index contributed by atoms with van der Waals surface area (Å²) >= 11 is 0. The van der Waals surface area contributed by atoms with Crippen LogP contribution >= 0.6 is 0 Å². The topological polar surface area (TPSA) is 38.3 Å². The van der Waals surface area contributed by atoms with Gasteiger partial charge < -0.3 is 10.1 Å². The minimum absolute atomic E-state index is 0.160. The van der Waals surface area contributed by atoms with Crippen LogP contribution in [0.3, 0.4) is 0 Å². The molecule has 0 amide bonds. The number of carbonyl (C=O) groups is 1. The summed E-state index contributed by atoms with van der Waals surface area (Å²) in [6, 6.07) is 8.06. The van der Waals surface area contributed by atoms with Crippen LogP contribution in [0.25, 0.3) is 0 Å². The standard InChI is InChI=1S/C10H11NO2/c12-7-13-10-6-5-8-3-1-2-4-9(8)11-10/h1-4,7,10-11H,5-6H2. The Morgan fingerprint density at radius 3 is 3.15 bits per heavy atom. The van der Waals surface area contributed by atoms with Gasteiger partial charge in [-0.3, -0.25) is 4.79 Å². The van der Waals surface area contributed by atoms with Crippen molar-refractivity contribution >= 4 is 12.2 Å². The first kappa shape index (κ1) is 8.10. The zero-order valence-corrected chi connectivity index (χ0v) is 7.19. The second-order valence-electron chi connectivity index (χ2n) is 3.06. The monoisotopic (exact) mass is 177 g/mol. The lowest BCUT2D eigenvalue weighted by molar-refractivity contribution is -0.132. The van der Waals surface area contributed by atoms with Gasteiger partial charge >= 0.3 is 0 Å². The third-order valence-electron chi connectivity index (χ3n) is 2.23. The maximum atomic E-state index is 10.1. The highest BCUT2D eigenvalue weighted by Crippen LogP contribution is 2.24. The van der Waals surface area contributed by atoms with Crippen molar-refractivity contribution in [2.24, 2.45) is 0 Å². The van der Waals surface area contributed by atoms with E-state index in [1.54, 1.807) is 0 Å². The van der Waals surface area contributed by atoms with E-state index >= 15 is 0 Å². The number of benzene rings is 1. The van der Waals surface area contributed by atoms with E-state index in [0.29, 0.717) is 6.47 Å². The molecule has 1 aromatic carbocycles. The van der Waals surface area contributed by atoms with Crippen molar-refractivity contribution in [2.45, 2.75) is 19.1 Å². The quantitative estimate of drug-likeness (QED) is 0.696. The van der Waals surface area contributed by atoms with Gasteiger partial charge in [0.25, 0.3) is 6.47 Å². The molecule has 0 aromatic heterocycles. The lowest BCUT2D eigenvalue weighted by Crippen LogP contribution is -2.27. The van der Waals surface area contributed by atoms with Gasteiger partial charge in [-0.2, -0.15) is 0 Å². The molecule has 3 nitrogen and oxygen atoms in total. The Bertz CT molecular complexity index is 312. The molecule has 0 saturated carbocycles. The number of hydrogen-bond donors (Lipinski definition) is 1. The van der Waals surface area contributed by atoms with Crippen molar-refractivity contribution in [3.05, 3.63) is 29.8 Å². The fraction of sp³-hybridized carbons (Fsp3) is 0.300. The van der Waals surface area contributed by atoms with E-state index in [1.165, 1.54) is 5.56 Å². The maximum Gasteiger partial charge on any atom is 0.294 e. The zero-order valence-electron chi connectivity index (χ0n) is 7.19. The molecule has 0 radical (unpaired) electrons. The molecule has 1 aliphatic rings. The molecule has 1 unspecified atom stereocenters. The number of nitrogens with one attached hydrogen (secondary N) is 1. The van der Waals surface area contributed by atoms with Gasteiger partial charge in [0.05, 0.1) is 0 Å². The predicted octanol–water partition coefficient (Wildman–Crippen LogP) is 1.54. The summed E-state index contributed by atoms with van der Waals surface area (Å²) in [5.74, 6) is 0. The van der Waals surface area contributed by atoms with Crippen LogP contribution in [0.4, 0.5) is 5.69 Å². The van der Waals surface area contributed by atoms with Crippen molar-refractivity contribution < 1.29 is 9.53 Å². The number of ether oxygens (including phenoxy) is 1. The van der Waals surface area contributed by atoms with E-state index in [1.807, 2.05) is 18.2 Å². The third-order valence-corrected chi connectivity index (χ3v) is 2.23. The molecule has 0 saturated heterocycles. The number of hydrogen-bond acceptors (Lipinski definition) is 3. The van der Waals surface area contributed by atoms with Crippen LogP contribution in [-0.2, 0) is 16.0 Å². The van der Waals surface area contributed by atoms with E-state index in [2.05, 4.69) is 11.4 Å². The Hall–Kier alpha value is -1.51. The SMILES string of the molecule is O=COC1CCc2ccccc2N1. The Labute approximate surface area is 76.7 Å². The van der Waals surface area contributed by atoms with E-state index in [9.17, 15) is 4.79 Å². The van der Waals surface area contributed by atoms with Gasteiger partial charge in [-0.15, -0.1) is 0 Å². The molecule has 1 aromatic rings. The van der Waals surface area contributed by atoms with Crippen LogP contribution in [0.15, 0.2) is 24.3 Å². The lowest BCUT2D eigenvalue weighted by atomic mass is 10.0. The summed E-state index contributed by atoms with van der Waals surface area (Å²) in [6.07, 6.45) is 1.64. The van der Waals surface area contributed by atoms with E-state index in [-0.39, 0.29) is 6.23 Å². The number of carbonyl (C=O) groups excluding carboxylic acids is 1. The van der Waals surface area contributed by atoms with E-state index in [0.717, 1.165) is 18.5 Å². The molecule has 3 heteroatoms. The van der Waals surface area contributed by atoms with E-state index in [4.69, 9.17) is 4.74 Å². The summed E-state index contributed by atoms with van der Waals surface area (Å²) < 4.78 is 4.85. The molecule has 68 valence electrons. The third kappa shape index (κ3) is 1.64. The summed E-state index contributed by atoms with van der Waals surface area (Å²) in [6.45, 7) is 0.492. The largest absolute Gasteiger partial charge is 0.444 e. The molecule has 0 spiro atoms. The first-order valence-corrected chi connectivity index (χ1v) is 4.33. The second-order valence-corrected chi connectivity index (χ2v) is 3.06. The highest BCUT2D eigenvalue weighted by molar-refractivity contribution is 5.54.